The number of ether oxygens (including phenoxy) is 1. The molecule has 0 aromatic heterocycles. The molecule has 1 rings (SSSR count). The first-order chi connectivity index (χ1) is 10.6. The van der Waals surface area contributed by atoms with E-state index in [0.29, 0.717) is 12.2 Å². The van der Waals surface area contributed by atoms with Gasteiger partial charge in [0.05, 0.1) is 5.56 Å². The molecule has 0 bridgehead atoms. The molecule has 0 aliphatic heterocycles. The number of rotatable bonds is 10. The molecule has 0 fully saturated rings. The number of benzene rings is 1. The average Bonchev–Trinajstić information content (AvgIpc) is 2.53. The van der Waals surface area contributed by atoms with Crippen LogP contribution in [0.4, 0.5) is 5.69 Å². The number of esters is 1. The Morgan fingerprint density at radius 3 is 2.55 bits per heavy atom. The first-order valence-corrected chi connectivity index (χ1v) is 8.36. The molecule has 0 spiro atoms. The van der Waals surface area contributed by atoms with Gasteiger partial charge in [-0.25, -0.2) is 4.79 Å². The highest BCUT2D eigenvalue weighted by Crippen LogP contribution is 2.17. The zero-order valence-electron chi connectivity index (χ0n) is 14.4. The summed E-state index contributed by atoms with van der Waals surface area (Å²) in [7, 11) is 0. The van der Waals surface area contributed by atoms with Gasteiger partial charge in [-0.2, -0.15) is 0 Å². The van der Waals surface area contributed by atoms with E-state index in [0.717, 1.165) is 43.9 Å². The van der Waals surface area contributed by atoms with Crippen LogP contribution < -0.4 is 5.32 Å². The maximum Gasteiger partial charge on any atom is 0.338 e. The Morgan fingerprint density at radius 1 is 1.23 bits per heavy atom. The van der Waals surface area contributed by atoms with Crippen molar-refractivity contribution in [2.24, 2.45) is 0 Å². The molecule has 0 atom stereocenters. The van der Waals surface area contributed by atoms with Crippen LogP contribution in [0.1, 0.15) is 49.5 Å². The largest absolute Gasteiger partial charge is 0.461 e. The van der Waals surface area contributed by atoms with Gasteiger partial charge in [0.2, 0.25) is 0 Å². The standard InChI is InChI=1S/C18H30N2O2/c1-5-8-11-19-17-10-9-16(14-15(17)4)18(21)22-13-12-20(6-2)7-3/h9-10,14,19H,5-8,11-13H2,1-4H3. The highest BCUT2D eigenvalue weighted by atomic mass is 16.5. The van der Waals surface area contributed by atoms with E-state index in [9.17, 15) is 4.79 Å². The summed E-state index contributed by atoms with van der Waals surface area (Å²) in [6.45, 7) is 12.6. The van der Waals surface area contributed by atoms with E-state index in [2.05, 4.69) is 31.0 Å². The summed E-state index contributed by atoms with van der Waals surface area (Å²) in [5.41, 5.74) is 2.79. The lowest BCUT2D eigenvalue weighted by atomic mass is 10.1. The summed E-state index contributed by atoms with van der Waals surface area (Å²) >= 11 is 0. The molecule has 0 saturated heterocycles. The predicted molar refractivity (Wildman–Crippen MR) is 92.6 cm³/mol. The second-order valence-corrected chi connectivity index (χ2v) is 5.47. The SMILES string of the molecule is CCCCNc1ccc(C(=O)OCCN(CC)CC)cc1C. The van der Waals surface area contributed by atoms with Crippen LogP contribution in [0.5, 0.6) is 0 Å². The predicted octanol–water partition coefficient (Wildman–Crippen LogP) is 3.71. The van der Waals surface area contributed by atoms with Crippen molar-refractivity contribution in [3.8, 4) is 0 Å². The van der Waals surface area contributed by atoms with E-state index >= 15 is 0 Å². The van der Waals surface area contributed by atoms with Crippen molar-refractivity contribution in [1.29, 1.82) is 0 Å². The molecule has 0 saturated carbocycles. The normalized spacial score (nSPS) is 10.8. The molecular formula is C18H30N2O2. The van der Waals surface area contributed by atoms with Gasteiger partial charge in [0.15, 0.2) is 0 Å². The molecular weight excluding hydrogens is 276 g/mol. The van der Waals surface area contributed by atoms with Crippen molar-refractivity contribution in [2.45, 2.75) is 40.5 Å². The van der Waals surface area contributed by atoms with Crippen molar-refractivity contribution in [3.63, 3.8) is 0 Å². The molecule has 22 heavy (non-hydrogen) atoms. The minimum Gasteiger partial charge on any atom is -0.461 e. The molecule has 124 valence electrons. The van der Waals surface area contributed by atoms with Crippen molar-refractivity contribution >= 4 is 11.7 Å². The van der Waals surface area contributed by atoms with E-state index in [4.69, 9.17) is 4.74 Å². The second-order valence-electron chi connectivity index (χ2n) is 5.47. The van der Waals surface area contributed by atoms with Crippen LogP contribution in [0.3, 0.4) is 0 Å². The summed E-state index contributed by atoms with van der Waals surface area (Å²) in [5, 5.41) is 3.39. The Bertz CT molecular complexity index is 456. The Labute approximate surface area is 134 Å². The van der Waals surface area contributed by atoms with E-state index in [-0.39, 0.29) is 5.97 Å². The minimum atomic E-state index is -0.240. The van der Waals surface area contributed by atoms with E-state index in [1.807, 2.05) is 25.1 Å². The van der Waals surface area contributed by atoms with Gasteiger partial charge < -0.3 is 15.0 Å². The van der Waals surface area contributed by atoms with Gasteiger partial charge in [0, 0.05) is 18.8 Å². The van der Waals surface area contributed by atoms with Crippen LogP contribution in [-0.2, 0) is 4.74 Å². The fourth-order valence-electron chi connectivity index (χ4n) is 2.28. The van der Waals surface area contributed by atoms with Gasteiger partial charge in [-0.3, -0.25) is 0 Å². The smallest absolute Gasteiger partial charge is 0.338 e. The van der Waals surface area contributed by atoms with Crippen molar-refractivity contribution < 1.29 is 9.53 Å². The molecule has 1 N–H and O–H groups in total. The summed E-state index contributed by atoms with van der Waals surface area (Å²) in [6, 6.07) is 5.70. The van der Waals surface area contributed by atoms with Crippen molar-refractivity contribution in [3.05, 3.63) is 29.3 Å². The lowest BCUT2D eigenvalue weighted by Gasteiger charge is -2.17. The molecule has 0 amide bonds. The molecule has 0 aliphatic carbocycles. The number of likely N-dealkylation sites (N-methyl/N-ethyl adjacent to an activating group) is 1. The van der Waals surface area contributed by atoms with Crippen LogP contribution in [0.15, 0.2) is 18.2 Å². The third-order valence-electron chi connectivity index (χ3n) is 3.84. The molecule has 0 heterocycles. The van der Waals surface area contributed by atoms with Crippen molar-refractivity contribution in [2.75, 3.05) is 38.1 Å². The number of aryl methyl sites for hydroxylation is 1. The van der Waals surface area contributed by atoms with Crippen LogP contribution in [0, 0.1) is 6.92 Å². The quantitative estimate of drug-likeness (QED) is 0.528. The lowest BCUT2D eigenvalue weighted by molar-refractivity contribution is 0.0466. The zero-order chi connectivity index (χ0) is 16.4. The molecule has 1 aromatic rings. The molecule has 4 heteroatoms. The third-order valence-corrected chi connectivity index (χ3v) is 3.84. The molecule has 0 radical (unpaired) electrons. The van der Waals surface area contributed by atoms with E-state index < -0.39 is 0 Å². The first kappa shape index (κ1) is 18.5. The highest BCUT2D eigenvalue weighted by Gasteiger charge is 2.09. The van der Waals surface area contributed by atoms with E-state index in [1.54, 1.807) is 0 Å². The number of hydrogen-bond donors (Lipinski definition) is 1. The maximum absolute atomic E-state index is 12.1. The lowest BCUT2D eigenvalue weighted by Crippen LogP contribution is -2.27. The number of unbranched alkanes of at least 4 members (excludes halogenated alkanes) is 1. The summed E-state index contributed by atoms with van der Waals surface area (Å²) in [5.74, 6) is -0.240. The van der Waals surface area contributed by atoms with Crippen LogP contribution in [-0.4, -0.2) is 43.7 Å². The summed E-state index contributed by atoms with van der Waals surface area (Å²) in [6.07, 6.45) is 2.32. The van der Waals surface area contributed by atoms with Crippen LogP contribution in [0.2, 0.25) is 0 Å². The number of anilines is 1. The monoisotopic (exact) mass is 306 g/mol. The summed E-state index contributed by atoms with van der Waals surface area (Å²) in [4.78, 5) is 14.3. The fraction of sp³-hybridized carbons (Fsp3) is 0.611. The van der Waals surface area contributed by atoms with Gasteiger partial charge in [0.25, 0.3) is 0 Å². The van der Waals surface area contributed by atoms with Gasteiger partial charge in [-0.1, -0.05) is 27.2 Å². The van der Waals surface area contributed by atoms with Crippen molar-refractivity contribution in [1.82, 2.24) is 4.90 Å². The zero-order valence-corrected chi connectivity index (χ0v) is 14.4. The third kappa shape index (κ3) is 6.06. The Balaban J connectivity index is 2.50. The molecule has 1 aromatic carbocycles. The van der Waals surface area contributed by atoms with Gasteiger partial charge in [-0.15, -0.1) is 0 Å². The fourth-order valence-corrected chi connectivity index (χ4v) is 2.28. The number of hydrogen-bond acceptors (Lipinski definition) is 4. The molecule has 4 nitrogen and oxygen atoms in total. The number of carbonyl (C=O) groups is 1. The highest BCUT2D eigenvalue weighted by molar-refractivity contribution is 5.90. The Hall–Kier alpha value is -1.55. The maximum atomic E-state index is 12.1. The van der Waals surface area contributed by atoms with Gasteiger partial charge in [-0.05, 0) is 50.2 Å². The number of nitrogens with zero attached hydrogens (tertiary/aromatic N) is 1. The average molecular weight is 306 g/mol. The Morgan fingerprint density at radius 2 is 1.95 bits per heavy atom. The van der Waals surface area contributed by atoms with Gasteiger partial charge in [0.1, 0.15) is 6.61 Å². The topological polar surface area (TPSA) is 41.6 Å². The number of carbonyl (C=O) groups excluding carboxylic acids is 1. The minimum absolute atomic E-state index is 0.240. The number of nitrogens with one attached hydrogen (secondary N) is 1. The molecule has 0 unspecified atom stereocenters. The van der Waals surface area contributed by atoms with E-state index in [1.165, 1.54) is 6.42 Å². The summed E-state index contributed by atoms with van der Waals surface area (Å²) < 4.78 is 5.35. The molecule has 0 aliphatic rings. The van der Waals surface area contributed by atoms with Gasteiger partial charge >= 0.3 is 5.97 Å². The second kappa shape index (κ2) is 10.2. The van der Waals surface area contributed by atoms with Crippen LogP contribution in [0.25, 0.3) is 0 Å². The first-order valence-electron chi connectivity index (χ1n) is 8.36. The Kier molecular flexibility index (Phi) is 8.60. The van der Waals surface area contributed by atoms with Crippen LogP contribution >= 0.6 is 0 Å².